The summed E-state index contributed by atoms with van der Waals surface area (Å²) >= 11 is 0. The van der Waals surface area contributed by atoms with Crippen molar-refractivity contribution in [2.24, 2.45) is 22.9 Å². The minimum absolute atomic E-state index is 0.0470. The zero-order chi connectivity index (χ0) is 26.7. The molecule has 210 valence electrons. The second kappa shape index (κ2) is 12.7. The third kappa shape index (κ3) is 6.50. The van der Waals surface area contributed by atoms with Gasteiger partial charge < -0.3 is 72.7 Å². The molecule has 3 aliphatic rings. The summed E-state index contributed by atoms with van der Waals surface area (Å²) in [6.45, 7) is 1.17. The van der Waals surface area contributed by atoms with Crippen LogP contribution in [-0.4, -0.2) is 130 Å². The number of ether oxygens (including phenoxy) is 4. The first-order chi connectivity index (χ1) is 17.0. The summed E-state index contributed by atoms with van der Waals surface area (Å²) in [5.41, 5.74) is 24.3. The van der Waals surface area contributed by atoms with Gasteiger partial charge >= 0.3 is 0 Å². The number of aliphatic hydroxyl groups is 5. The van der Waals surface area contributed by atoms with Gasteiger partial charge in [-0.05, 0) is 12.8 Å². The molecular weight excluding hydrogens is 482 g/mol. The standard InChI is InChI=1S/C21H41N5O10/c1-2-13(29)26-5-11-10(28)4-9(24)20(33-11)35-18-7(22)3-8(23)19(17(18)32)36-21-16(31)14(25)15(30)12(6-27)34-21/h7-12,14-21,27-28,30-32H,2-6,22-25H2,1H3,(H,26,29)/t7-,8+,9+,10-,11+,12+,14-,15+,16+,17-,18+,19-,20+,21+/m0/s1. The molecule has 1 saturated carbocycles. The summed E-state index contributed by atoms with van der Waals surface area (Å²) in [7, 11) is 0. The van der Waals surface area contributed by atoms with Crippen LogP contribution >= 0.6 is 0 Å². The maximum atomic E-state index is 11.6. The lowest BCUT2D eigenvalue weighted by Crippen LogP contribution is -2.68. The van der Waals surface area contributed by atoms with Crippen molar-refractivity contribution in [3.8, 4) is 0 Å². The minimum Gasteiger partial charge on any atom is -0.394 e. The Morgan fingerprint density at radius 1 is 0.861 bits per heavy atom. The minimum atomic E-state index is -1.46. The molecule has 2 heterocycles. The number of hydrogen-bond donors (Lipinski definition) is 10. The summed E-state index contributed by atoms with van der Waals surface area (Å²) in [6, 6.07) is -3.43. The van der Waals surface area contributed by atoms with Crippen LogP contribution in [0.2, 0.25) is 0 Å². The molecule has 0 aromatic rings. The Kier molecular flexibility index (Phi) is 10.4. The molecule has 14 atom stereocenters. The van der Waals surface area contributed by atoms with Crippen LogP contribution < -0.4 is 28.3 Å². The number of hydrogen-bond acceptors (Lipinski definition) is 14. The van der Waals surface area contributed by atoms with Gasteiger partial charge in [0, 0.05) is 25.0 Å². The van der Waals surface area contributed by atoms with Gasteiger partial charge in [0.2, 0.25) is 5.91 Å². The van der Waals surface area contributed by atoms with Gasteiger partial charge in [0.25, 0.3) is 0 Å². The highest BCUT2D eigenvalue weighted by molar-refractivity contribution is 5.75. The lowest BCUT2D eigenvalue weighted by atomic mass is 9.84. The maximum Gasteiger partial charge on any atom is 0.219 e. The SMILES string of the molecule is CCC(=O)NC[C@H]1O[C@H](O[C@H]2[C@H](O)[C@@H](O[C@H]3O[C@H](CO)[C@@H](O)[C@H](N)[C@H]3O)[C@H](N)C[C@@H]2N)[C@H](N)C[C@@H]1O. The summed E-state index contributed by atoms with van der Waals surface area (Å²) in [6.07, 6.45) is -11.1. The highest BCUT2D eigenvalue weighted by atomic mass is 16.7. The summed E-state index contributed by atoms with van der Waals surface area (Å²) in [5.74, 6) is -0.209. The van der Waals surface area contributed by atoms with E-state index < -0.39 is 92.2 Å². The predicted octanol–water partition coefficient (Wildman–Crippen LogP) is -5.73. The zero-order valence-corrected chi connectivity index (χ0v) is 20.2. The van der Waals surface area contributed by atoms with E-state index in [0.717, 1.165) is 0 Å². The molecule has 15 nitrogen and oxygen atoms in total. The van der Waals surface area contributed by atoms with Gasteiger partial charge in [-0.3, -0.25) is 4.79 Å². The fourth-order valence-corrected chi connectivity index (χ4v) is 4.74. The van der Waals surface area contributed by atoms with Crippen molar-refractivity contribution in [3.05, 3.63) is 0 Å². The molecule has 0 aromatic carbocycles. The van der Waals surface area contributed by atoms with Gasteiger partial charge in [-0.2, -0.15) is 0 Å². The average Bonchev–Trinajstić information content (AvgIpc) is 2.84. The Morgan fingerprint density at radius 3 is 2.03 bits per heavy atom. The van der Waals surface area contributed by atoms with Crippen molar-refractivity contribution in [1.82, 2.24) is 5.32 Å². The Bertz CT molecular complexity index is 723. The van der Waals surface area contributed by atoms with Crippen LogP contribution in [0.15, 0.2) is 0 Å². The molecule has 1 amide bonds. The number of nitrogens with one attached hydrogen (secondary N) is 1. The van der Waals surface area contributed by atoms with Crippen LogP contribution in [0.1, 0.15) is 26.2 Å². The maximum absolute atomic E-state index is 11.6. The third-order valence-corrected chi connectivity index (χ3v) is 7.00. The molecular formula is C21H41N5O10. The number of amides is 1. The molecule has 0 aromatic heterocycles. The van der Waals surface area contributed by atoms with E-state index in [2.05, 4.69) is 5.32 Å². The van der Waals surface area contributed by atoms with Crippen molar-refractivity contribution < 1.29 is 49.3 Å². The number of aliphatic hydroxyl groups excluding tert-OH is 5. The fraction of sp³-hybridized carbons (Fsp3) is 0.952. The van der Waals surface area contributed by atoms with Crippen LogP contribution in [0.3, 0.4) is 0 Å². The molecule has 0 unspecified atom stereocenters. The molecule has 2 saturated heterocycles. The van der Waals surface area contributed by atoms with Gasteiger partial charge in [-0.15, -0.1) is 0 Å². The monoisotopic (exact) mass is 523 g/mol. The van der Waals surface area contributed by atoms with E-state index >= 15 is 0 Å². The normalized spacial score (nSPS) is 47.9. The summed E-state index contributed by atoms with van der Waals surface area (Å²) in [5, 5.41) is 54.0. The van der Waals surface area contributed by atoms with E-state index in [9.17, 15) is 30.3 Å². The zero-order valence-electron chi connectivity index (χ0n) is 20.2. The molecule has 36 heavy (non-hydrogen) atoms. The molecule has 3 rings (SSSR count). The van der Waals surface area contributed by atoms with E-state index in [0.29, 0.717) is 0 Å². The average molecular weight is 524 g/mol. The van der Waals surface area contributed by atoms with Crippen LogP contribution in [0.5, 0.6) is 0 Å². The van der Waals surface area contributed by atoms with Crippen LogP contribution in [-0.2, 0) is 23.7 Å². The van der Waals surface area contributed by atoms with E-state index in [1.165, 1.54) is 0 Å². The van der Waals surface area contributed by atoms with Crippen molar-refractivity contribution in [3.63, 3.8) is 0 Å². The summed E-state index contributed by atoms with van der Waals surface area (Å²) < 4.78 is 23.0. The first kappa shape index (κ1) is 29.5. The predicted molar refractivity (Wildman–Crippen MR) is 123 cm³/mol. The number of carbonyl (C=O) groups is 1. The molecule has 3 fully saturated rings. The van der Waals surface area contributed by atoms with Crippen molar-refractivity contribution in [1.29, 1.82) is 0 Å². The molecule has 0 spiro atoms. The molecule has 2 aliphatic heterocycles. The second-order valence-corrected chi connectivity index (χ2v) is 9.71. The Labute approximate surface area is 209 Å². The third-order valence-electron chi connectivity index (χ3n) is 7.00. The van der Waals surface area contributed by atoms with E-state index in [4.69, 9.17) is 41.9 Å². The van der Waals surface area contributed by atoms with E-state index in [1.807, 2.05) is 0 Å². The van der Waals surface area contributed by atoms with Crippen LogP contribution in [0, 0.1) is 0 Å². The van der Waals surface area contributed by atoms with E-state index in [-0.39, 0.29) is 31.7 Å². The number of carbonyl (C=O) groups excluding carboxylic acids is 1. The Balaban J connectivity index is 1.68. The fourth-order valence-electron chi connectivity index (χ4n) is 4.74. The van der Waals surface area contributed by atoms with Crippen LogP contribution in [0.4, 0.5) is 0 Å². The molecule has 1 aliphatic carbocycles. The van der Waals surface area contributed by atoms with Crippen molar-refractivity contribution in [2.45, 2.75) is 112 Å². The van der Waals surface area contributed by atoms with Crippen molar-refractivity contribution >= 4 is 5.91 Å². The Hall–Kier alpha value is -1.05. The molecule has 14 N–H and O–H groups in total. The largest absolute Gasteiger partial charge is 0.394 e. The quantitative estimate of drug-likeness (QED) is 0.142. The number of rotatable bonds is 8. The van der Waals surface area contributed by atoms with Gasteiger partial charge in [-0.1, -0.05) is 6.92 Å². The molecule has 0 radical (unpaired) electrons. The Morgan fingerprint density at radius 2 is 1.44 bits per heavy atom. The lowest BCUT2D eigenvalue weighted by molar-refractivity contribution is -0.315. The van der Waals surface area contributed by atoms with Gasteiger partial charge in [0.1, 0.15) is 42.7 Å². The second-order valence-electron chi connectivity index (χ2n) is 9.71. The first-order valence-electron chi connectivity index (χ1n) is 12.2. The van der Waals surface area contributed by atoms with Crippen LogP contribution in [0.25, 0.3) is 0 Å². The summed E-state index contributed by atoms with van der Waals surface area (Å²) in [4.78, 5) is 11.6. The van der Waals surface area contributed by atoms with Gasteiger partial charge in [0.15, 0.2) is 12.6 Å². The number of nitrogens with two attached hydrogens (primary N) is 4. The lowest BCUT2D eigenvalue weighted by Gasteiger charge is -2.47. The molecule has 0 bridgehead atoms. The first-order valence-corrected chi connectivity index (χ1v) is 12.2. The van der Waals surface area contributed by atoms with Gasteiger partial charge in [-0.25, -0.2) is 0 Å². The smallest absolute Gasteiger partial charge is 0.219 e. The topological polar surface area (TPSA) is 271 Å². The van der Waals surface area contributed by atoms with Crippen molar-refractivity contribution in [2.75, 3.05) is 13.2 Å². The highest BCUT2D eigenvalue weighted by Crippen LogP contribution is 2.30. The highest BCUT2D eigenvalue weighted by Gasteiger charge is 2.50. The van der Waals surface area contributed by atoms with Gasteiger partial charge in [0.05, 0.1) is 24.8 Å². The van der Waals surface area contributed by atoms with E-state index in [1.54, 1.807) is 6.92 Å². The molecule has 15 heteroatoms.